The van der Waals surface area contributed by atoms with Crippen LogP contribution < -0.4 is 14.7 Å². The van der Waals surface area contributed by atoms with Crippen LogP contribution in [0.4, 0.5) is 5.69 Å². The molecule has 1 aliphatic rings. The van der Waals surface area contributed by atoms with Crippen molar-refractivity contribution < 1.29 is 29.0 Å². The standard InChI is InChI=1S/C24H24N2O6/c1-2-32-19-10-8-18(9-11-19)26-22(28)16-20(24(26)31)25(21(27)12-13-23(29)30)15-14-17-6-4-3-5-7-17/h3-13,20H,2,14-16H2,1H3,(H,29,30)/p-1/b13-12+/t20-/m0/s1. The highest BCUT2D eigenvalue weighted by Crippen LogP contribution is 2.28. The van der Waals surface area contributed by atoms with Crippen LogP contribution in [0.25, 0.3) is 0 Å². The second-order valence-electron chi connectivity index (χ2n) is 7.13. The fourth-order valence-electron chi connectivity index (χ4n) is 3.54. The van der Waals surface area contributed by atoms with E-state index in [1.54, 1.807) is 24.3 Å². The number of hydrogen-bond acceptors (Lipinski definition) is 6. The highest BCUT2D eigenvalue weighted by molar-refractivity contribution is 6.23. The lowest BCUT2D eigenvalue weighted by atomic mass is 10.1. The molecule has 32 heavy (non-hydrogen) atoms. The molecule has 166 valence electrons. The third kappa shape index (κ3) is 5.40. The number of imide groups is 1. The number of carbonyl (C=O) groups is 4. The van der Waals surface area contributed by atoms with Crippen molar-refractivity contribution in [3.05, 3.63) is 72.3 Å². The second kappa shape index (κ2) is 10.4. The molecule has 2 aromatic carbocycles. The molecule has 0 saturated carbocycles. The summed E-state index contributed by atoms with van der Waals surface area (Å²) in [7, 11) is 0. The Morgan fingerprint density at radius 1 is 1.09 bits per heavy atom. The van der Waals surface area contributed by atoms with Crippen LogP contribution in [0.1, 0.15) is 18.9 Å². The van der Waals surface area contributed by atoms with E-state index in [0.717, 1.165) is 16.5 Å². The molecule has 0 unspecified atom stereocenters. The van der Waals surface area contributed by atoms with E-state index in [2.05, 4.69) is 0 Å². The minimum atomic E-state index is -1.52. The first-order valence-corrected chi connectivity index (χ1v) is 10.2. The molecule has 1 saturated heterocycles. The first kappa shape index (κ1) is 22.7. The Bertz CT molecular complexity index is 1020. The summed E-state index contributed by atoms with van der Waals surface area (Å²) in [5, 5.41) is 10.7. The molecular formula is C24H23N2O6-. The average molecular weight is 435 g/mol. The van der Waals surface area contributed by atoms with Gasteiger partial charge in [0.05, 0.1) is 24.7 Å². The summed E-state index contributed by atoms with van der Waals surface area (Å²) in [6.07, 6.45) is 1.71. The maximum Gasteiger partial charge on any atom is 0.257 e. The van der Waals surface area contributed by atoms with Gasteiger partial charge in [-0.15, -0.1) is 0 Å². The molecule has 0 aromatic heterocycles. The zero-order valence-corrected chi connectivity index (χ0v) is 17.6. The van der Waals surface area contributed by atoms with Gasteiger partial charge in [0.25, 0.3) is 5.91 Å². The van der Waals surface area contributed by atoms with E-state index < -0.39 is 29.7 Å². The fraction of sp³-hybridized carbons (Fsp3) is 0.250. The summed E-state index contributed by atoms with van der Waals surface area (Å²) < 4.78 is 5.39. The fourth-order valence-corrected chi connectivity index (χ4v) is 3.54. The monoisotopic (exact) mass is 435 g/mol. The number of rotatable bonds is 9. The zero-order valence-electron chi connectivity index (χ0n) is 17.6. The summed E-state index contributed by atoms with van der Waals surface area (Å²) in [6.45, 7) is 2.48. The number of amides is 3. The summed E-state index contributed by atoms with van der Waals surface area (Å²) in [5.74, 6) is -2.57. The van der Waals surface area contributed by atoms with Gasteiger partial charge < -0.3 is 19.5 Å². The Hall–Kier alpha value is -3.94. The number of carboxylic acid groups (broad SMARTS) is 1. The Morgan fingerprint density at radius 3 is 2.41 bits per heavy atom. The predicted molar refractivity (Wildman–Crippen MR) is 115 cm³/mol. The average Bonchev–Trinajstić information content (AvgIpc) is 3.07. The van der Waals surface area contributed by atoms with Crippen LogP contribution in [0.15, 0.2) is 66.7 Å². The van der Waals surface area contributed by atoms with Gasteiger partial charge in [-0.3, -0.25) is 14.4 Å². The van der Waals surface area contributed by atoms with Crippen molar-refractivity contribution in [2.45, 2.75) is 25.8 Å². The lowest BCUT2D eigenvalue weighted by Crippen LogP contribution is -2.46. The largest absolute Gasteiger partial charge is 0.545 e. The van der Waals surface area contributed by atoms with Gasteiger partial charge in [0.1, 0.15) is 11.8 Å². The second-order valence-corrected chi connectivity index (χ2v) is 7.13. The van der Waals surface area contributed by atoms with E-state index in [0.29, 0.717) is 30.5 Å². The molecule has 3 rings (SSSR count). The Morgan fingerprint density at radius 2 is 1.78 bits per heavy atom. The summed E-state index contributed by atoms with van der Waals surface area (Å²) in [5.41, 5.74) is 1.32. The summed E-state index contributed by atoms with van der Waals surface area (Å²) >= 11 is 0. The van der Waals surface area contributed by atoms with Gasteiger partial charge in [0, 0.05) is 12.6 Å². The molecule has 0 spiro atoms. The lowest BCUT2D eigenvalue weighted by molar-refractivity contribution is -0.297. The maximum absolute atomic E-state index is 13.1. The van der Waals surface area contributed by atoms with Crippen molar-refractivity contribution in [3.8, 4) is 5.75 Å². The van der Waals surface area contributed by atoms with E-state index in [9.17, 15) is 24.3 Å². The third-order valence-electron chi connectivity index (χ3n) is 5.03. The minimum absolute atomic E-state index is 0.140. The summed E-state index contributed by atoms with van der Waals surface area (Å²) in [4.78, 5) is 51.6. The van der Waals surface area contributed by atoms with Crippen molar-refractivity contribution in [3.63, 3.8) is 0 Å². The van der Waals surface area contributed by atoms with E-state index in [-0.39, 0.29) is 13.0 Å². The number of aliphatic carboxylic acids is 1. The predicted octanol–water partition coefficient (Wildman–Crippen LogP) is 1.09. The number of nitrogens with zero attached hydrogens (tertiary/aromatic N) is 2. The topological polar surface area (TPSA) is 107 Å². The number of ether oxygens (including phenoxy) is 1. The molecular weight excluding hydrogens is 412 g/mol. The molecule has 1 atom stereocenters. The Kier molecular flexibility index (Phi) is 7.38. The van der Waals surface area contributed by atoms with E-state index in [1.807, 2.05) is 37.3 Å². The van der Waals surface area contributed by atoms with E-state index >= 15 is 0 Å². The van der Waals surface area contributed by atoms with Gasteiger partial charge in [-0.2, -0.15) is 0 Å². The minimum Gasteiger partial charge on any atom is -0.545 e. The van der Waals surface area contributed by atoms with E-state index in [4.69, 9.17) is 4.74 Å². The van der Waals surface area contributed by atoms with Gasteiger partial charge in [0.2, 0.25) is 11.8 Å². The normalized spacial score (nSPS) is 15.9. The van der Waals surface area contributed by atoms with Crippen molar-refractivity contribution in [1.82, 2.24) is 4.90 Å². The van der Waals surface area contributed by atoms with Crippen LogP contribution in [-0.4, -0.2) is 47.8 Å². The highest BCUT2D eigenvalue weighted by Gasteiger charge is 2.43. The number of anilines is 1. The molecule has 8 nitrogen and oxygen atoms in total. The molecule has 0 bridgehead atoms. The van der Waals surface area contributed by atoms with Crippen LogP contribution in [0.3, 0.4) is 0 Å². The molecule has 0 radical (unpaired) electrons. The van der Waals surface area contributed by atoms with Crippen LogP contribution in [0, 0.1) is 0 Å². The van der Waals surface area contributed by atoms with Crippen molar-refractivity contribution in [2.24, 2.45) is 0 Å². The van der Waals surface area contributed by atoms with Gasteiger partial charge in [-0.25, -0.2) is 4.90 Å². The molecule has 2 aromatic rings. The number of carbonyl (C=O) groups excluding carboxylic acids is 4. The van der Waals surface area contributed by atoms with Crippen molar-refractivity contribution in [1.29, 1.82) is 0 Å². The number of hydrogen-bond donors (Lipinski definition) is 0. The number of benzene rings is 2. The molecule has 1 fully saturated rings. The Balaban J connectivity index is 1.83. The van der Waals surface area contributed by atoms with Crippen LogP contribution in [-0.2, 0) is 25.6 Å². The third-order valence-corrected chi connectivity index (χ3v) is 5.03. The molecule has 0 aliphatic carbocycles. The maximum atomic E-state index is 13.1. The molecule has 0 N–H and O–H groups in total. The summed E-state index contributed by atoms with van der Waals surface area (Å²) in [6, 6.07) is 14.8. The zero-order chi connectivity index (χ0) is 23.1. The van der Waals surface area contributed by atoms with E-state index in [1.165, 1.54) is 4.90 Å². The molecule has 1 aliphatic heterocycles. The van der Waals surface area contributed by atoms with Gasteiger partial charge in [-0.05, 0) is 49.2 Å². The van der Waals surface area contributed by atoms with Gasteiger partial charge in [0.15, 0.2) is 0 Å². The van der Waals surface area contributed by atoms with Crippen LogP contribution in [0.2, 0.25) is 0 Å². The number of carboxylic acids is 1. The van der Waals surface area contributed by atoms with Gasteiger partial charge in [-0.1, -0.05) is 30.3 Å². The molecule has 1 heterocycles. The van der Waals surface area contributed by atoms with Crippen LogP contribution in [0.5, 0.6) is 5.75 Å². The van der Waals surface area contributed by atoms with Gasteiger partial charge >= 0.3 is 0 Å². The SMILES string of the molecule is CCOc1ccc(N2C(=O)C[C@H](N(CCc3ccccc3)C(=O)/C=C/C(=O)[O-])C2=O)cc1. The lowest BCUT2D eigenvalue weighted by Gasteiger charge is -2.26. The van der Waals surface area contributed by atoms with Crippen molar-refractivity contribution in [2.75, 3.05) is 18.1 Å². The van der Waals surface area contributed by atoms with Crippen LogP contribution >= 0.6 is 0 Å². The quantitative estimate of drug-likeness (QED) is 0.431. The molecule has 8 heteroatoms. The van der Waals surface area contributed by atoms with Crippen molar-refractivity contribution >= 4 is 29.4 Å². The first-order valence-electron chi connectivity index (χ1n) is 10.2. The smallest absolute Gasteiger partial charge is 0.257 e. The molecule has 3 amide bonds. The first-order chi connectivity index (χ1) is 15.4. The Labute approximate surface area is 185 Å². The highest BCUT2D eigenvalue weighted by atomic mass is 16.5.